The number of hydrogen-bond donors (Lipinski definition) is 1. The van der Waals surface area contributed by atoms with Gasteiger partial charge in [0, 0.05) is 52.5 Å². The fourth-order valence-electron chi connectivity index (χ4n) is 4.37. The zero-order chi connectivity index (χ0) is 36.1. The average molecular weight is 745 g/mol. The van der Waals surface area contributed by atoms with Crippen LogP contribution < -0.4 is 14.2 Å². The second-order valence-corrected chi connectivity index (χ2v) is 12.5. The van der Waals surface area contributed by atoms with Gasteiger partial charge in [-0.25, -0.2) is 9.59 Å². The molecule has 4 aromatic carbocycles. The van der Waals surface area contributed by atoms with Crippen LogP contribution >= 0.6 is 35.1 Å². The summed E-state index contributed by atoms with van der Waals surface area (Å²) in [7, 11) is 5.65. The van der Waals surface area contributed by atoms with Crippen LogP contribution in [0.1, 0.15) is 38.3 Å². The summed E-state index contributed by atoms with van der Waals surface area (Å²) < 4.78 is 36.5. The van der Waals surface area contributed by atoms with Crippen LogP contribution in [0.2, 0.25) is 0 Å². The molecule has 0 aliphatic rings. The Bertz CT molecular complexity index is 1620. The van der Waals surface area contributed by atoms with Crippen molar-refractivity contribution >= 4 is 47.1 Å². The number of hydrogen-bond acceptors (Lipinski definition) is 12. The SMILES string of the molecule is COCOc1ccc(O)c(CSc2ccccc2)c1C(=O)OC.COCOc1ccc(OCCCCl)c(CSc2ccccc2)c1C(=O)OC. The van der Waals surface area contributed by atoms with Gasteiger partial charge in [-0.15, -0.1) is 35.1 Å². The van der Waals surface area contributed by atoms with Crippen molar-refractivity contribution in [3.63, 3.8) is 0 Å². The number of rotatable bonds is 18. The maximum atomic E-state index is 12.5. The van der Waals surface area contributed by atoms with Crippen LogP contribution in [0, 0.1) is 0 Å². The number of aromatic hydroxyl groups is 1. The minimum Gasteiger partial charge on any atom is -0.508 e. The third kappa shape index (κ3) is 12.4. The molecule has 50 heavy (non-hydrogen) atoms. The van der Waals surface area contributed by atoms with Crippen molar-refractivity contribution in [1.29, 1.82) is 0 Å². The minimum absolute atomic E-state index is 0.0000373. The number of carbonyl (C=O) groups is 2. The lowest BCUT2D eigenvalue weighted by atomic mass is 10.1. The molecule has 1 N–H and O–H groups in total. The Hall–Kier alpha value is -4.07. The first-order valence-electron chi connectivity index (χ1n) is 15.3. The van der Waals surface area contributed by atoms with E-state index in [1.54, 1.807) is 23.9 Å². The molecule has 0 aromatic heterocycles. The number of esters is 2. The number of methoxy groups -OCH3 is 4. The average Bonchev–Trinajstić information content (AvgIpc) is 3.15. The maximum absolute atomic E-state index is 12.5. The van der Waals surface area contributed by atoms with Crippen molar-refractivity contribution in [3.05, 3.63) is 107 Å². The number of carbonyl (C=O) groups excluding carboxylic acids is 2. The van der Waals surface area contributed by atoms with E-state index in [0.717, 1.165) is 15.4 Å². The van der Waals surface area contributed by atoms with E-state index in [2.05, 4.69) is 0 Å². The summed E-state index contributed by atoms with van der Waals surface area (Å²) in [6.45, 7) is 0.493. The third-order valence-corrected chi connectivity index (χ3v) is 9.06. The van der Waals surface area contributed by atoms with Crippen LogP contribution in [-0.4, -0.2) is 71.6 Å². The fraction of sp³-hybridized carbons (Fsp3) is 0.297. The van der Waals surface area contributed by atoms with Gasteiger partial charge < -0.3 is 38.3 Å². The van der Waals surface area contributed by atoms with E-state index in [1.165, 1.54) is 52.3 Å². The molecule has 268 valence electrons. The van der Waals surface area contributed by atoms with Gasteiger partial charge in [-0.05, 0) is 55.0 Å². The van der Waals surface area contributed by atoms with E-state index in [9.17, 15) is 14.7 Å². The fourth-order valence-corrected chi connectivity index (χ4v) is 6.37. The van der Waals surface area contributed by atoms with Crippen molar-refractivity contribution in [2.24, 2.45) is 0 Å². The number of thioether (sulfide) groups is 2. The summed E-state index contributed by atoms with van der Waals surface area (Å²) in [5, 5.41) is 10.2. The predicted molar refractivity (Wildman–Crippen MR) is 195 cm³/mol. The number of halogens is 1. The quantitative estimate of drug-likeness (QED) is 0.0348. The van der Waals surface area contributed by atoms with E-state index in [1.807, 2.05) is 60.7 Å². The molecule has 0 amide bonds. The highest BCUT2D eigenvalue weighted by atomic mass is 35.5. The van der Waals surface area contributed by atoms with Gasteiger partial charge >= 0.3 is 11.9 Å². The van der Waals surface area contributed by atoms with Crippen molar-refractivity contribution in [2.75, 3.05) is 54.5 Å². The van der Waals surface area contributed by atoms with E-state index in [0.29, 0.717) is 58.8 Å². The van der Waals surface area contributed by atoms with Crippen LogP contribution in [0.4, 0.5) is 0 Å². The van der Waals surface area contributed by atoms with E-state index in [4.69, 9.17) is 44.8 Å². The summed E-state index contributed by atoms with van der Waals surface area (Å²) in [4.78, 5) is 26.7. The van der Waals surface area contributed by atoms with Gasteiger partial charge in [0.2, 0.25) is 0 Å². The van der Waals surface area contributed by atoms with Crippen LogP contribution in [0.15, 0.2) is 94.7 Å². The van der Waals surface area contributed by atoms with Crippen molar-refractivity contribution < 1.29 is 47.9 Å². The van der Waals surface area contributed by atoms with E-state index in [-0.39, 0.29) is 24.9 Å². The lowest BCUT2D eigenvalue weighted by Gasteiger charge is -2.18. The van der Waals surface area contributed by atoms with Crippen LogP contribution in [0.3, 0.4) is 0 Å². The number of ether oxygens (including phenoxy) is 7. The molecule has 0 heterocycles. The third-order valence-electron chi connectivity index (χ3n) is 6.71. The van der Waals surface area contributed by atoms with Crippen molar-refractivity contribution in [2.45, 2.75) is 27.7 Å². The zero-order valence-corrected chi connectivity index (χ0v) is 30.7. The molecule has 0 saturated carbocycles. The molecular formula is C37H41ClO10S2. The van der Waals surface area contributed by atoms with Crippen molar-refractivity contribution in [1.82, 2.24) is 0 Å². The molecule has 0 fully saturated rings. The highest BCUT2D eigenvalue weighted by Gasteiger charge is 2.24. The molecule has 4 rings (SSSR count). The molecule has 0 aliphatic heterocycles. The Labute approximate surface area is 306 Å². The van der Waals surface area contributed by atoms with Gasteiger partial charge in [-0.3, -0.25) is 0 Å². The summed E-state index contributed by atoms with van der Waals surface area (Å²) in [6.07, 6.45) is 0.711. The van der Waals surface area contributed by atoms with Gasteiger partial charge in [-0.1, -0.05) is 36.4 Å². The van der Waals surface area contributed by atoms with Crippen molar-refractivity contribution in [3.8, 4) is 23.0 Å². The zero-order valence-electron chi connectivity index (χ0n) is 28.3. The number of alkyl halides is 1. The van der Waals surface area contributed by atoms with Crippen LogP contribution in [-0.2, 0) is 30.5 Å². The van der Waals surface area contributed by atoms with Gasteiger partial charge in [0.05, 0.1) is 20.8 Å². The van der Waals surface area contributed by atoms with Crippen LogP contribution in [0.25, 0.3) is 0 Å². The molecular weight excluding hydrogens is 704 g/mol. The van der Waals surface area contributed by atoms with Gasteiger partial charge in [0.15, 0.2) is 13.6 Å². The second-order valence-electron chi connectivity index (χ2n) is 10.0. The molecule has 0 bridgehead atoms. The monoisotopic (exact) mass is 744 g/mol. The molecule has 0 aliphatic carbocycles. The standard InChI is InChI=1S/C20H23ClO5S.C17H18O5S/c1-23-14-26-18-10-9-17(25-12-6-11-21)16(19(18)20(22)24-2)13-27-15-7-4-3-5-8-15;1-20-11-22-15-9-8-14(18)13(16(15)17(19)21-2)10-23-12-6-4-3-5-7-12/h3-5,7-10H,6,11-14H2,1-2H3;3-9,18H,10-11H2,1-2H3. The summed E-state index contributed by atoms with van der Waals surface area (Å²) in [6, 6.07) is 26.2. The second kappa shape index (κ2) is 22.6. The Morgan fingerprint density at radius 3 is 1.56 bits per heavy atom. The summed E-state index contributed by atoms with van der Waals surface area (Å²) in [5.74, 6) is 1.76. The highest BCUT2D eigenvalue weighted by molar-refractivity contribution is 7.98. The van der Waals surface area contributed by atoms with Gasteiger partial charge in [-0.2, -0.15) is 0 Å². The smallest absolute Gasteiger partial charge is 0.342 e. The first kappa shape index (κ1) is 40.4. The lowest BCUT2D eigenvalue weighted by Crippen LogP contribution is -2.12. The Balaban J connectivity index is 0.000000274. The maximum Gasteiger partial charge on any atom is 0.342 e. The summed E-state index contributed by atoms with van der Waals surface area (Å²) >= 11 is 8.85. The molecule has 0 unspecified atom stereocenters. The summed E-state index contributed by atoms with van der Waals surface area (Å²) in [5.41, 5.74) is 1.76. The number of phenols is 1. The normalized spacial score (nSPS) is 10.4. The topological polar surface area (TPSA) is 119 Å². The van der Waals surface area contributed by atoms with E-state index >= 15 is 0 Å². The molecule has 0 radical (unpaired) electrons. The molecule has 0 spiro atoms. The Morgan fingerprint density at radius 1 is 0.620 bits per heavy atom. The lowest BCUT2D eigenvalue weighted by molar-refractivity contribution is 0.0456. The molecule has 10 nitrogen and oxygen atoms in total. The van der Waals surface area contributed by atoms with Crippen LogP contribution in [0.5, 0.6) is 23.0 Å². The minimum atomic E-state index is -0.560. The van der Waals surface area contributed by atoms with E-state index < -0.39 is 11.9 Å². The Morgan fingerprint density at radius 2 is 1.08 bits per heavy atom. The first-order chi connectivity index (χ1) is 24.4. The first-order valence-corrected chi connectivity index (χ1v) is 17.8. The number of benzene rings is 4. The van der Waals surface area contributed by atoms with Gasteiger partial charge in [0.1, 0.15) is 34.1 Å². The van der Waals surface area contributed by atoms with Gasteiger partial charge in [0.25, 0.3) is 0 Å². The molecule has 13 heteroatoms. The Kier molecular flexibility index (Phi) is 18.2. The highest BCUT2D eigenvalue weighted by Crippen LogP contribution is 2.37. The predicted octanol–water partition coefficient (Wildman–Crippen LogP) is 8.21. The number of phenolic OH excluding ortho intramolecular Hbond substituents is 1. The molecule has 0 saturated heterocycles. The molecule has 4 aromatic rings. The largest absolute Gasteiger partial charge is 0.508 e. The molecule has 0 atom stereocenters.